The fourth-order valence-electron chi connectivity index (χ4n) is 3.47. The van der Waals surface area contributed by atoms with E-state index in [1.54, 1.807) is 6.20 Å². The van der Waals surface area contributed by atoms with Crippen LogP contribution in [-0.2, 0) is 0 Å². The Morgan fingerprint density at radius 2 is 2.13 bits per heavy atom. The predicted octanol–water partition coefficient (Wildman–Crippen LogP) is 3.13. The Kier molecular flexibility index (Phi) is 3.97. The molecule has 0 unspecified atom stereocenters. The monoisotopic (exact) mass is 329 g/mol. The van der Waals surface area contributed by atoms with E-state index in [9.17, 15) is 10.1 Å². The van der Waals surface area contributed by atoms with Crippen LogP contribution in [0.1, 0.15) is 37.3 Å². The normalized spacial score (nSPS) is 14.7. The van der Waals surface area contributed by atoms with E-state index < -0.39 is 0 Å². The molecule has 4 rings (SSSR count). The first-order chi connectivity index (χ1) is 10.8. The molecule has 1 saturated carbocycles. The zero-order chi connectivity index (χ0) is 15.1. The number of halogens is 1. The van der Waals surface area contributed by atoms with Crippen molar-refractivity contribution in [1.29, 1.82) is 5.26 Å². The zero-order valence-electron chi connectivity index (χ0n) is 12.4. The number of aromatic amines is 2. The number of hydrogen-bond acceptors (Lipinski definition) is 3. The largest absolute Gasteiger partial charge is 0.342 e. The highest BCUT2D eigenvalue weighted by Crippen LogP contribution is 2.36. The van der Waals surface area contributed by atoms with Gasteiger partial charge in [-0.25, -0.2) is 0 Å². The highest BCUT2D eigenvalue weighted by Gasteiger charge is 2.24. The summed E-state index contributed by atoms with van der Waals surface area (Å²) in [5.41, 5.74) is 2.67. The van der Waals surface area contributed by atoms with Gasteiger partial charge in [0.2, 0.25) is 0 Å². The van der Waals surface area contributed by atoms with Crippen molar-refractivity contribution in [3.8, 4) is 17.3 Å². The van der Waals surface area contributed by atoms with Gasteiger partial charge in [-0.2, -0.15) is 10.4 Å². The van der Waals surface area contributed by atoms with E-state index in [1.807, 2.05) is 12.3 Å². The van der Waals surface area contributed by atoms with Crippen LogP contribution in [0.2, 0.25) is 0 Å². The summed E-state index contributed by atoms with van der Waals surface area (Å²) < 4.78 is 2.12. The molecule has 1 aliphatic carbocycles. The molecule has 7 heteroatoms. The van der Waals surface area contributed by atoms with Crippen LogP contribution in [0.15, 0.2) is 29.5 Å². The van der Waals surface area contributed by atoms with Gasteiger partial charge in [0, 0.05) is 30.2 Å². The second kappa shape index (κ2) is 5.94. The third-order valence-electron chi connectivity index (χ3n) is 4.49. The van der Waals surface area contributed by atoms with Gasteiger partial charge in [0.25, 0.3) is 5.56 Å². The molecule has 0 amide bonds. The highest BCUT2D eigenvalue weighted by atomic mass is 35.5. The molecule has 0 bridgehead atoms. The van der Waals surface area contributed by atoms with Crippen LogP contribution in [0, 0.1) is 11.3 Å². The Labute approximate surface area is 138 Å². The minimum atomic E-state index is -0.171. The summed E-state index contributed by atoms with van der Waals surface area (Å²) in [6.07, 6.45) is 9.71. The summed E-state index contributed by atoms with van der Waals surface area (Å²) in [4.78, 5) is 15.1. The Morgan fingerprint density at radius 1 is 1.35 bits per heavy atom. The van der Waals surface area contributed by atoms with Gasteiger partial charge in [0.1, 0.15) is 6.07 Å². The zero-order valence-corrected chi connectivity index (χ0v) is 13.2. The van der Waals surface area contributed by atoms with Gasteiger partial charge in [0.15, 0.2) is 0 Å². The lowest BCUT2D eigenvalue weighted by atomic mass is 10.1. The van der Waals surface area contributed by atoms with E-state index in [-0.39, 0.29) is 18.0 Å². The van der Waals surface area contributed by atoms with Crippen LogP contribution in [-0.4, -0.2) is 19.7 Å². The minimum Gasteiger partial charge on any atom is -0.342 e. The summed E-state index contributed by atoms with van der Waals surface area (Å²) in [7, 11) is 0. The maximum atomic E-state index is 12.4. The first kappa shape index (κ1) is 15.4. The van der Waals surface area contributed by atoms with E-state index in [1.165, 1.54) is 19.0 Å². The molecule has 0 spiro atoms. The quantitative estimate of drug-likeness (QED) is 0.756. The second-order valence-electron chi connectivity index (χ2n) is 5.73. The van der Waals surface area contributed by atoms with E-state index in [0.717, 1.165) is 29.6 Å². The van der Waals surface area contributed by atoms with Crippen molar-refractivity contribution in [2.24, 2.45) is 0 Å². The maximum Gasteiger partial charge on any atom is 0.258 e. The van der Waals surface area contributed by atoms with Crippen LogP contribution in [0.5, 0.6) is 0 Å². The molecule has 2 N–H and O–H groups in total. The predicted molar refractivity (Wildman–Crippen MR) is 89.6 cm³/mol. The fourth-order valence-corrected chi connectivity index (χ4v) is 3.47. The van der Waals surface area contributed by atoms with Gasteiger partial charge in [0.05, 0.1) is 22.2 Å². The minimum absolute atomic E-state index is 0. The molecule has 0 saturated heterocycles. The van der Waals surface area contributed by atoms with Crippen molar-refractivity contribution < 1.29 is 0 Å². The standard InChI is InChI=1S/C16H15N5O.ClH/c17-7-10-8-18-16(22)14-12(13-5-6-19-20-13)9-21(15(10)14)11-3-1-2-4-11;/h5-6,8-9,11H,1-4H2,(H,18,22)(H,19,20);1H. The lowest BCUT2D eigenvalue weighted by Crippen LogP contribution is -2.09. The lowest BCUT2D eigenvalue weighted by Gasteiger charge is -2.13. The molecule has 3 aromatic rings. The average molecular weight is 330 g/mol. The molecule has 118 valence electrons. The maximum absolute atomic E-state index is 12.4. The number of hydrogen-bond donors (Lipinski definition) is 2. The van der Waals surface area contributed by atoms with E-state index in [4.69, 9.17) is 0 Å². The smallest absolute Gasteiger partial charge is 0.258 e. The molecule has 0 aromatic carbocycles. The van der Waals surface area contributed by atoms with Crippen LogP contribution < -0.4 is 5.56 Å². The van der Waals surface area contributed by atoms with Crippen LogP contribution >= 0.6 is 12.4 Å². The Hall–Kier alpha value is -2.52. The number of nitrogens with zero attached hydrogens (tertiary/aromatic N) is 3. The molecule has 0 radical (unpaired) electrons. The Morgan fingerprint density at radius 3 is 2.78 bits per heavy atom. The van der Waals surface area contributed by atoms with Gasteiger partial charge in [-0.05, 0) is 18.9 Å². The van der Waals surface area contributed by atoms with E-state index in [0.29, 0.717) is 17.0 Å². The van der Waals surface area contributed by atoms with Gasteiger partial charge in [-0.3, -0.25) is 9.89 Å². The van der Waals surface area contributed by atoms with Crippen molar-refractivity contribution in [2.75, 3.05) is 0 Å². The summed E-state index contributed by atoms with van der Waals surface area (Å²) in [6.45, 7) is 0. The number of rotatable bonds is 2. The average Bonchev–Trinajstić information content (AvgIpc) is 3.27. The third kappa shape index (κ3) is 2.34. The number of fused-ring (bicyclic) bond motifs is 1. The molecular weight excluding hydrogens is 314 g/mol. The van der Waals surface area contributed by atoms with E-state index >= 15 is 0 Å². The summed E-state index contributed by atoms with van der Waals surface area (Å²) in [5.74, 6) is 0. The molecule has 23 heavy (non-hydrogen) atoms. The molecular formula is C16H16ClN5O. The molecule has 1 aliphatic rings. The summed E-state index contributed by atoms with van der Waals surface area (Å²) in [6, 6.07) is 4.40. The van der Waals surface area contributed by atoms with Crippen molar-refractivity contribution in [1.82, 2.24) is 19.7 Å². The number of H-pyrrole nitrogens is 2. The number of nitrogens with one attached hydrogen (secondary N) is 2. The number of aromatic nitrogens is 4. The Balaban J connectivity index is 0.00000156. The van der Waals surface area contributed by atoms with Crippen molar-refractivity contribution in [3.63, 3.8) is 0 Å². The van der Waals surface area contributed by atoms with Crippen LogP contribution in [0.25, 0.3) is 22.2 Å². The van der Waals surface area contributed by atoms with Gasteiger partial charge in [-0.15, -0.1) is 12.4 Å². The first-order valence-corrected chi connectivity index (χ1v) is 7.45. The lowest BCUT2D eigenvalue weighted by molar-refractivity contribution is 0.535. The summed E-state index contributed by atoms with van der Waals surface area (Å²) >= 11 is 0. The molecule has 0 aliphatic heterocycles. The number of nitriles is 1. The van der Waals surface area contributed by atoms with Gasteiger partial charge < -0.3 is 9.55 Å². The van der Waals surface area contributed by atoms with Crippen LogP contribution in [0.4, 0.5) is 0 Å². The van der Waals surface area contributed by atoms with Gasteiger partial charge >= 0.3 is 0 Å². The number of pyridine rings is 1. The topological polar surface area (TPSA) is 90.3 Å². The van der Waals surface area contributed by atoms with Crippen molar-refractivity contribution in [3.05, 3.63) is 40.6 Å². The fraction of sp³-hybridized carbons (Fsp3) is 0.312. The van der Waals surface area contributed by atoms with Crippen molar-refractivity contribution in [2.45, 2.75) is 31.7 Å². The van der Waals surface area contributed by atoms with E-state index in [2.05, 4.69) is 25.8 Å². The summed E-state index contributed by atoms with van der Waals surface area (Å²) in [5, 5.41) is 16.9. The van der Waals surface area contributed by atoms with Gasteiger partial charge in [-0.1, -0.05) is 12.8 Å². The molecule has 1 fully saturated rings. The molecule has 6 nitrogen and oxygen atoms in total. The molecule has 0 atom stereocenters. The highest BCUT2D eigenvalue weighted by molar-refractivity contribution is 5.97. The van der Waals surface area contributed by atoms with Crippen LogP contribution in [0.3, 0.4) is 0 Å². The third-order valence-corrected chi connectivity index (χ3v) is 4.49. The Bertz CT molecular complexity index is 926. The molecule has 3 heterocycles. The first-order valence-electron chi connectivity index (χ1n) is 7.45. The SMILES string of the molecule is Cl.N#Cc1c[nH]c(=O)c2c(-c3ccn[nH]3)cn(C3CCCC3)c12. The van der Waals surface area contributed by atoms with Crippen molar-refractivity contribution >= 4 is 23.3 Å². The molecule has 3 aromatic heterocycles. The second-order valence-corrected chi connectivity index (χ2v) is 5.73.